The van der Waals surface area contributed by atoms with Crippen molar-refractivity contribution in [1.29, 1.82) is 0 Å². The number of nitrogens with zero attached hydrogens (tertiary/aromatic N) is 4. The lowest BCUT2D eigenvalue weighted by Gasteiger charge is -2.35. The first-order valence-corrected chi connectivity index (χ1v) is 13.7. The number of aromatic nitrogens is 3. The lowest BCUT2D eigenvalue weighted by Crippen LogP contribution is -2.38. The highest BCUT2D eigenvalue weighted by Gasteiger charge is 2.27. The topological polar surface area (TPSA) is 41.9 Å². The number of fused-ring (bicyclic) bond motifs is 1. The normalized spacial score (nSPS) is 16.2. The predicted octanol–water partition coefficient (Wildman–Crippen LogP) is 8.78. The van der Waals surface area contributed by atoms with Crippen molar-refractivity contribution >= 4 is 28.3 Å². The summed E-state index contributed by atoms with van der Waals surface area (Å²) < 4.78 is 14.9. The zero-order valence-corrected chi connectivity index (χ0v) is 23.0. The van der Waals surface area contributed by atoms with Gasteiger partial charge in [-0.25, -0.2) is 9.37 Å². The van der Waals surface area contributed by atoms with Crippen LogP contribution < -0.4 is 4.90 Å². The van der Waals surface area contributed by atoms with Crippen molar-refractivity contribution < 1.29 is 4.39 Å². The minimum Gasteiger partial charge on any atom is -0.352 e. The molecule has 2 aromatic carbocycles. The van der Waals surface area contributed by atoms with Crippen LogP contribution in [0.1, 0.15) is 76.8 Å². The Morgan fingerprint density at radius 2 is 1.62 bits per heavy atom. The molecule has 37 heavy (non-hydrogen) atoms. The van der Waals surface area contributed by atoms with Crippen LogP contribution in [0.25, 0.3) is 33.4 Å². The van der Waals surface area contributed by atoms with Gasteiger partial charge in [-0.05, 0) is 67.3 Å². The summed E-state index contributed by atoms with van der Waals surface area (Å²) in [5, 5.41) is 11.0. The van der Waals surface area contributed by atoms with E-state index in [0.717, 1.165) is 41.8 Å². The summed E-state index contributed by atoms with van der Waals surface area (Å²) in [6.07, 6.45) is 3.42. The summed E-state index contributed by atoms with van der Waals surface area (Å²) in [4.78, 5) is 7.38. The molecule has 1 atom stereocenters. The van der Waals surface area contributed by atoms with Gasteiger partial charge in [0.05, 0.1) is 10.7 Å². The van der Waals surface area contributed by atoms with Crippen molar-refractivity contribution in [3.63, 3.8) is 0 Å². The van der Waals surface area contributed by atoms with Crippen molar-refractivity contribution in [2.24, 2.45) is 0 Å². The molecule has 4 aromatic rings. The van der Waals surface area contributed by atoms with E-state index in [4.69, 9.17) is 26.8 Å². The monoisotopic (exact) mass is 516 g/mol. The van der Waals surface area contributed by atoms with Gasteiger partial charge >= 0.3 is 0 Å². The SMILES string of the molecule is CC(C)c1cccc(C(C)C)c1-c1nnc(N2CCCC[C@@H]2C)c2cc(Cl)c(-c3ccccc3F)nc12. The lowest BCUT2D eigenvalue weighted by molar-refractivity contribution is 0.481. The van der Waals surface area contributed by atoms with Crippen LogP contribution in [0.4, 0.5) is 10.2 Å². The summed E-state index contributed by atoms with van der Waals surface area (Å²) in [5.74, 6) is 1.01. The second-order valence-electron chi connectivity index (χ2n) is 10.7. The average molecular weight is 517 g/mol. The fourth-order valence-corrected chi connectivity index (χ4v) is 5.75. The highest BCUT2D eigenvalue weighted by atomic mass is 35.5. The van der Waals surface area contributed by atoms with Crippen molar-refractivity contribution in [1.82, 2.24) is 15.2 Å². The Bertz CT molecular complexity index is 1420. The zero-order chi connectivity index (χ0) is 26.3. The van der Waals surface area contributed by atoms with Crippen molar-refractivity contribution in [3.05, 3.63) is 70.5 Å². The fraction of sp³-hybridized carbons (Fsp3) is 0.387. The summed E-state index contributed by atoms with van der Waals surface area (Å²) >= 11 is 6.82. The van der Waals surface area contributed by atoms with Crippen LogP contribution in [-0.2, 0) is 0 Å². The Hall–Kier alpha value is -3.05. The van der Waals surface area contributed by atoms with Gasteiger partial charge < -0.3 is 4.90 Å². The fourth-order valence-electron chi connectivity index (χ4n) is 5.50. The van der Waals surface area contributed by atoms with Gasteiger partial charge in [0.2, 0.25) is 0 Å². The summed E-state index contributed by atoms with van der Waals surface area (Å²) in [6.45, 7) is 11.9. The third-order valence-electron chi connectivity index (χ3n) is 7.50. The van der Waals surface area contributed by atoms with Gasteiger partial charge in [-0.1, -0.05) is 69.6 Å². The van der Waals surface area contributed by atoms with Crippen molar-refractivity contribution in [2.75, 3.05) is 11.4 Å². The first-order valence-electron chi connectivity index (χ1n) is 13.3. The Morgan fingerprint density at radius 3 is 2.27 bits per heavy atom. The summed E-state index contributed by atoms with van der Waals surface area (Å²) in [7, 11) is 0. The maximum absolute atomic E-state index is 14.9. The van der Waals surface area contributed by atoms with E-state index in [2.05, 4.69) is 57.7 Å². The maximum Gasteiger partial charge on any atom is 0.161 e. The number of benzene rings is 2. The van der Waals surface area contributed by atoms with E-state index in [0.29, 0.717) is 27.8 Å². The molecule has 1 aliphatic heterocycles. The largest absolute Gasteiger partial charge is 0.352 e. The molecular formula is C31H34ClFN4. The molecule has 1 saturated heterocycles. The van der Waals surface area contributed by atoms with Crippen LogP contribution in [0.5, 0.6) is 0 Å². The quantitative estimate of drug-likeness (QED) is 0.266. The molecule has 192 valence electrons. The van der Waals surface area contributed by atoms with E-state index >= 15 is 0 Å². The number of piperidine rings is 1. The van der Waals surface area contributed by atoms with E-state index in [-0.39, 0.29) is 17.7 Å². The Kier molecular flexibility index (Phi) is 7.17. The molecule has 5 rings (SSSR count). The molecule has 0 amide bonds. The van der Waals surface area contributed by atoms with Gasteiger partial charge in [0, 0.05) is 29.1 Å². The first kappa shape index (κ1) is 25.6. The van der Waals surface area contributed by atoms with Gasteiger partial charge in [0.1, 0.15) is 17.0 Å². The molecule has 6 heteroatoms. The Labute approximate surface area is 223 Å². The second-order valence-corrected chi connectivity index (χ2v) is 11.1. The van der Waals surface area contributed by atoms with Gasteiger partial charge in [0.25, 0.3) is 0 Å². The van der Waals surface area contributed by atoms with E-state index < -0.39 is 0 Å². The highest BCUT2D eigenvalue weighted by molar-refractivity contribution is 6.34. The molecule has 0 spiro atoms. The summed E-state index contributed by atoms with van der Waals surface area (Å²) in [6, 6.07) is 15.3. The number of rotatable bonds is 5. The van der Waals surface area contributed by atoms with Gasteiger partial charge in [-0.2, -0.15) is 0 Å². The number of hydrogen-bond donors (Lipinski definition) is 0. The van der Waals surface area contributed by atoms with Crippen LogP contribution in [0.15, 0.2) is 48.5 Å². The Balaban J connectivity index is 1.87. The Morgan fingerprint density at radius 1 is 0.919 bits per heavy atom. The van der Waals surface area contributed by atoms with Crippen molar-refractivity contribution in [2.45, 2.75) is 71.8 Å². The third kappa shape index (κ3) is 4.70. The van der Waals surface area contributed by atoms with E-state index in [1.54, 1.807) is 18.2 Å². The predicted molar refractivity (Wildman–Crippen MR) is 152 cm³/mol. The molecule has 0 bridgehead atoms. The minimum atomic E-state index is -0.352. The van der Waals surface area contributed by atoms with Gasteiger partial charge in [-0.3, -0.25) is 0 Å². The van der Waals surface area contributed by atoms with E-state index in [1.165, 1.54) is 23.6 Å². The van der Waals surface area contributed by atoms with Crippen LogP contribution in [-0.4, -0.2) is 27.8 Å². The first-order chi connectivity index (χ1) is 17.8. The average Bonchev–Trinajstić information content (AvgIpc) is 2.88. The van der Waals surface area contributed by atoms with Crippen LogP contribution in [0.2, 0.25) is 5.02 Å². The second kappa shape index (κ2) is 10.4. The molecule has 1 fully saturated rings. The van der Waals surface area contributed by atoms with Crippen molar-refractivity contribution in [3.8, 4) is 22.5 Å². The highest BCUT2D eigenvalue weighted by Crippen LogP contribution is 2.42. The minimum absolute atomic E-state index is 0.283. The molecule has 0 unspecified atom stereocenters. The zero-order valence-electron chi connectivity index (χ0n) is 22.2. The molecule has 0 saturated carbocycles. The number of anilines is 1. The molecule has 0 aliphatic carbocycles. The molecular weight excluding hydrogens is 483 g/mol. The van der Waals surface area contributed by atoms with Gasteiger partial charge in [0.15, 0.2) is 5.82 Å². The number of hydrogen-bond acceptors (Lipinski definition) is 4. The standard InChI is InChI=1S/C31H34ClFN4/c1-18(2)21-13-10-14-22(19(3)4)27(21)30-29-24(31(36-35-30)37-16-9-8-11-20(37)5)17-25(32)28(34-29)23-12-6-7-15-26(23)33/h6-7,10,12-15,17-20H,8-9,11,16H2,1-5H3/t20-/m0/s1. The van der Waals surface area contributed by atoms with Gasteiger partial charge in [-0.15, -0.1) is 10.2 Å². The molecule has 4 nitrogen and oxygen atoms in total. The molecule has 0 N–H and O–H groups in total. The van der Waals surface area contributed by atoms with E-state index in [1.807, 2.05) is 6.07 Å². The summed E-state index contributed by atoms with van der Waals surface area (Å²) in [5.41, 5.74) is 5.71. The molecule has 1 aliphatic rings. The third-order valence-corrected chi connectivity index (χ3v) is 7.79. The van der Waals surface area contributed by atoms with Crippen LogP contribution in [0, 0.1) is 5.82 Å². The lowest BCUT2D eigenvalue weighted by atomic mass is 9.86. The molecule has 0 radical (unpaired) electrons. The van der Waals surface area contributed by atoms with E-state index in [9.17, 15) is 4.39 Å². The number of pyridine rings is 1. The molecule has 3 heterocycles. The molecule has 2 aromatic heterocycles. The van der Waals surface area contributed by atoms with Crippen LogP contribution in [0.3, 0.4) is 0 Å². The smallest absolute Gasteiger partial charge is 0.161 e. The maximum atomic E-state index is 14.9. The number of halogens is 2. The van der Waals surface area contributed by atoms with Crippen LogP contribution >= 0.6 is 11.6 Å².